The lowest BCUT2D eigenvalue weighted by Crippen LogP contribution is -2.20. The van der Waals surface area contributed by atoms with E-state index in [-0.39, 0.29) is 18.4 Å². The standard InChI is InChI=1S/C23H32O5/c1-15(11-12-24)16(2)23(17-7-9-19(25-3)21(13-17)27-5)18-8-10-20(26-4)22(14-18)28-6/h7-10,13-16,23-24H,11-12H2,1-6H3/t15-,16-/m1/s1. The maximum absolute atomic E-state index is 9.44. The number of methoxy groups -OCH3 is 4. The van der Waals surface area contributed by atoms with Crippen LogP contribution in [0.3, 0.4) is 0 Å². The zero-order valence-electron chi connectivity index (χ0n) is 17.7. The normalized spacial score (nSPS) is 13.1. The van der Waals surface area contributed by atoms with Crippen molar-refractivity contribution >= 4 is 0 Å². The number of aliphatic hydroxyl groups excluding tert-OH is 1. The molecule has 0 fully saturated rings. The highest BCUT2D eigenvalue weighted by molar-refractivity contribution is 5.49. The summed E-state index contributed by atoms with van der Waals surface area (Å²) in [5, 5.41) is 9.44. The molecule has 0 heterocycles. The molecule has 2 aromatic carbocycles. The van der Waals surface area contributed by atoms with E-state index in [2.05, 4.69) is 26.0 Å². The first-order valence-electron chi connectivity index (χ1n) is 9.55. The highest BCUT2D eigenvalue weighted by atomic mass is 16.5. The molecular formula is C23H32O5. The van der Waals surface area contributed by atoms with Crippen LogP contribution in [0.4, 0.5) is 0 Å². The summed E-state index contributed by atoms with van der Waals surface area (Å²) in [5.74, 6) is 3.52. The van der Waals surface area contributed by atoms with Gasteiger partial charge in [0, 0.05) is 12.5 Å². The fourth-order valence-electron chi connectivity index (χ4n) is 3.69. The predicted octanol–water partition coefficient (Wildman–Crippen LogP) is 4.51. The van der Waals surface area contributed by atoms with Gasteiger partial charge in [-0.2, -0.15) is 0 Å². The van der Waals surface area contributed by atoms with Crippen LogP contribution in [-0.4, -0.2) is 40.2 Å². The van der Waals surface area contributed by atoms with E-state index >= 15 is 0 Å². The van der Waals surface area contributed by atoms with Crippen molar-refractivity contribution in [3.8, 4) is 23.0 Å². The van der Waals surface area contributed by atoms with E-state index in [9.17, 15) is 5.11 Å². The van der Waals surface area contributed by atoms with Crippen LogP contribution in [-0.2, 0) is 0 Å². The second-order valence-corrected chi connectivity index (χ2v) is 7.06. The first-order valence-corrected chi connectivity index (χ1v) is 9.55. The Morgan fingerprint density at radius 3 is 1.50 bits per heavy atom. The van der Waals surface area contributed by atoms with Gasteiger partial charge in [0.05, 0.1) is 28.4 Å². The van der Waals surface area contributed by atoms with Crippen molar-refractivity contribution in [1.29, 1.82) is 0 Å². The second kappa shape index (κ2) is 10.2. The summed E-state index contributed by atoms with van der Waals surface area (Å²) in [5.41, 5.74) is 2.25. The van der Waals surface area contributed by atoms with E-state index in [1.165, 1.54) is 0 Å². The molecule has 0 spiro atoms. The summed E-state index contributed by atoms with van der Waals surface area (Å²) < 4.78 is 21.8. The lowest BCUT2D eigenvalue weighted by Gasteiger charge is -2.30. The molecule has 0 radical (unpaired) electrons. The van der Waals surface area contributed by atoms with Crippen LogP contribution in [0.2, 0.25) is 0 Å². The highest BCUT2D eigenvalue weighted by Gasteiger charge is 2.27. The molecule has 0 amide bonds. The van der Waals surface area contributed by atoms with Crippen molar-refractivity contribution in [2.75, 3.05) is 35.0 Å². The molecule has 0 aliphatic carbocycles. The third-order valence-corrected chi connectivity index (χ3v) is 5.54. The number of aliphatic hydroxyl groups is 1. The van der Waals surface area contributed by atoms with Gasteiger partial charge < -0.3 is 24.1 Å². The fraction of sp³-hybridized carbons (Fsp3) is 0.478. The minimum absolute atomic E-state index is 0.0983. The summed E-state index contributed by atoms with van der Waals surface area (Å²) in [6, 6.07) is 12.1. The molecule has 0 aliphatic heterocycles. The van der Waals surface area contributed by atoms with Gasteiger partial charge in [-0.15, -0.1) is 0 Å². The molecule has 2 aromatic rings. The van der Waals surface area contributed by atoms with Crippen molar-refractivity contribution in [2.24, 2.45) is 11.8 Å². The van der Waals surface area contributed by atoms with Gasteiger partial charge in [0.2, 0.25) is 0 Å². The van der Waals surface area contributed by atoms with Crippen LogP contribution in [0.15, 0.2) is 36.4 Å². The largest absolute Gasteiger partial charge is 0.493 e. The minimum Gasteiger partial charge on any atom is -0.493 e. The number of benzene rings is 2. The molecular weight excluding hydrogens is 356 g/mol. The molecule has 0 unspecified atom stereocenters. The van der Waals surface area contributed by atoms with Gasteiger partial charge in [0.15, 0.2) is 23.0 Å². The molecule has 0 aliphatic rings. The Balaban J connectivity index is 2.57. The second-order valence-electron chi connectivity index (χ2n) is 7.06. The monoisotopic (exact) mass is 388 g/mol. The van der Waals surface area contributed by atoms with Gasteiger partial charge >= 0.3 is 0 Å². The lowest BCUT2D eigenvalue weighted by molar-refractivity contribution is 0.227. The minimum atomic E-state index is 0.0983. The van der Waals surface area contributed by atoms with Crippen molar-refractivity contribution < 1.29 is 24.1 Å². The van der Waals surface area contributed by atoms with E-state index in [1.807, 2.05) is 24.3 Å². The first-order chi connectivity index (χ1) is 13.5. The Hall–Kier alpha value is -2.40. The molecule has 5 heteroatoms. The average molecular weight is 389 g/mol. The Labute approximate surface area is 168 Å². The summed E-state index contributed by atoms with van der Waals surface area (Å²) >= 11 is 0. The van der Waals surface area contributed by atoms with Crippen LogP contribution < -0.4 is 18.9 Å². The highest BCUT2D eigenvalue weighted by Crippen LogP contribution is 2.42. The summed E-state index contributed by atoms with van der Waals surface area (Å²) in [4.78, 5) is 0. The summed E-state index contributed by atoms with van der Waals surface area (Å²) in [6.45, 7) is 4.57. The Bertz CT molecular complexity index is 703. The van der Waals surface area contributed by atoms with E-state index in [4.69, 9.17) is 18.9 Å². The summed E-state index contributed by atoms with van der Waals surface area (Å²) in [7, 11) is 6.56. The third kappa shape index (κ3) is 4.71. The molecule has 2 atom stereocenters. The smallest absolute Gasteiger partial charge is 0.161 e. The van der Waals surface area contributed by atoms with Crippen molar-refractivity contribution in [2.45, 2.75) is 26.2 Å². The van der Waals surface area contributed by atoms with Gasteiger partial charge in [-0.1, -0.05) is 26.0 Å². The SMILES string of the molecule is COc1ccc(C(c2ccc(OC)c(OC)c2)[C@H](C)[C@H](C)CCO)cc1OC. The zero-order valence-corrected chi connectivity index (χ0v) is 17.7. The van der Waals surface area contributed by atoms with Gasteiger partial charge in [0.25, 0.3) is 0 Å². The maximum atomic E-state index is 9.44. The van der Waals surface area contributed by atoms with Crippen LogP contribution in [0.5, 0.6) is 23.0 Å². The third-order valence-electron chi connectivity index (χ3n) is 5.54. The number of rotatable bonds is 10. The Kier molecular flexibility index (Phi) is 8.00. The average Bonchev–Trinajstić information content (AvgIpc) is 2.73. The molecule has 0 saturated heterocycles. The molecule has 0 aromatic heterocycles. The van der Waals surface area contributed by atoms with Crippen LogP contribution in [0.1, 0.15) is 37.3 Å². The van der Waals surface area contributed by atoms with E-state index < -0.39 is 0 Å². The van der Waals surface area contributed by atoms with Gasteiger partial charge in [-0.25, -0.2) is 0 Å². The van der Waals surface area contributed by atoms with E-state index in [1.54, 1.807) is 28.4 Å². The molecule has 2 rings (SSSR count). The Morgan fingerprint density at radius 2 is 1.14 bits per heavy atom. The molecule has 0 saturated carbocycles. The quantitative estimate of drug-likeness (QED) is 0.649. The van der Waals surface area contributed by atoms with Gasteiger partial charge in [-0.05, 0) is 53.6 Å². The van der Waals surface area contributed by atoms with E-state index in [0.717, 1.165) is 17.5 Å². The Morgan fingerprint density at radius 1 is 0.714 bits per heavy atom. The molecule has 28 heavy (non-hydrogen) atoms. The van der Waals surface area contributed by atoms with Crippen LogP contribution >= 0.6 is 0 Å². The lowest BCUT2D eigenvalue weighted by atomic mass is 9.75. The molecule has 1 N–H and O–H groups in total. The van der Waals surface area contributed by atoms with E-state index in [0.29, 0.717) is 28.9 Å². The first kappa shape index (κ1) is 21.9. The van der Waals surface area contributed by atoms with Crippen molar-refractivity contribution in [1.82, 2.24) is 0 Å². The molecule has 5 nitrogen and oxygen atoms in total. The van der Waals surface area contributed by atoms with Gasteiger partial charge in [0.1, 0.15) is 0 Å². The predicted molar refractivity (Wildman–Crippen MR) is 111 cm³/mol. The van der Waals surface area contributed by atoms with Gasteiger partial charge in [-0.3, -0.25) is 0 Å². The number of hydrogen-bond donors (Lipinski definition) is 1. The molecule has 0 bridgehead atoms. The maximum Gasteiger partial charge on any atom is 0.161 e. The zero-order chi connectivity index (χ0) is 20.7. The van der Waals surface area contributed by atoms with Crippen LogP contribution in [0, 0.1) is 11.8 Å². The number of ether oxygens (including phenoxy) is 4. The van der Waals surface area contributed by atoms with Crippen LogP contribution in [0.25, 0.3) is 0 Å². The van der Waals surface area contributed by atoms with Crippen molar-refractivity contribution in [3.05, 3.63) is 47.5 Å². The topological polar surface area (TPSA) is 57.2 Å². The summed E-state index contributed by atoms with van der Waals surface area (Å²) in [6.07, 6.45) is 0.748. The number of hydrogen-bond acceptors (Lipinski definition) is 5. The van der Waals surface area contributed by atoms with Crippen molar-refractivity contribution in [3.63, 3.8) is 0 Å². The molecule has 154 valence electrons. The fourth-order valence-corrected chi connectivity index (χ4v) is 3.69.